The van der Waals surface area contributed by atoms with Crippen molar-refractivity contribution in [1.82, 2.24) is 9.97 Å². The highest BCUT2D eigenvalue weighted by molar-refractivity contribution is 6.30. The smallest absolute Gasteiger partial charge is 0.354 e. The number of rotatable bonds is 2. The van der Waals surface area contributed by atoms with Gasteiger partial charge in [0.05, 0.1) is 0 Å². The number of nitrogens with two attached hydrogens (primary N) is 1. The van der Waals surface area contributed by atoms with Crippen molar-refractivity contribution in [3.63, 3.8) is 0 Å². The molecule has 0 aliphatic carbocycles. The summed E-state index contributed by atoms with van der Waals surface area (Å²) in [5, 5.41) is 9.44. The van der Waals surface area contributed by atoms with E-state index in [2.05, 4.69) is 9.97 Å². The Labute approximate surface area is 102 Å². The summed E-state index contributed by atoms with van der Waals surface area (Å²) in [6, 6.07) is 7.95. The standard InChI is InChI=1S/C11H8ClN3O2/c12-7-3-1-6(2-4-7)10-14-8(11(16)17)5-9(13)15-10/h1-5H,(H,16,17)(H2,13,14,15). The molecule has 1 heterocycles. The molecular formula is C11H8ClN3O2. The lowest BCUT2D eigenvalue weighted by molar-refractivity contribution is 0.0690. The summed E-state index contributed by atoms with van der Waals surface area (Å²) in [6.45, 7) is 0. The maximum Gasteiger partial charge on any atom is 0.354 e. The van der Waals surface area contributed by atoms with Crippen LogP contribution < -0.4 is 5.73 Å². The fourth-order valence-corrected chi connectivity index (χ4v) is 1.43. The fourth-order valence-electron chi connectivity index (χ4n) is 1.30. The Balaban J connectivity index is 2.51. The molecule has 0 saturated heterocycles. The number of benzene rings is 1. The van der Waals surface area contributed by atoms with Crippen LogP contribution in [-0.2, 0) is 0 Å². The van der Waals surface area contributed by atoms with Crippen LogP contribution in [0.15, 0.2) is 30.3 Å². The van der Waals surface area contributed by atoms with Crippen molar-refractivity contribution in [1.29, 1.82) is 0 Å². The lowest BCUT2D eigenvalue weighted by Crippen LogP contribution is -2.05. The lowest BCUT2D eigenvalue weighted by atomic mass is 10.2. The van der Waals surface area contributed by atoms with Crippen molar-refractivity contribution in [2.45, 2.75) is 0 Å². The van der Waals surface area contributed by atoms with E-state index < -0.39 is 5.97 Å². The molecule has 0 bridgehead atoms. The number of hydrogen-bond donors (Lipinski definition) is 2. The summed E-state index contributed by atoms with van der Waals surface area (Å²) in [4.78, 5) is 18.7. The molecule has 0 atom stereocenters. The van der Waals surface area contributed by atoms with Crippen LogP contribution in [0.3, 0.4) is 0 Å². The molecule has 0 spiro atoms. The van der Waals surface area contributed by atoms with Gasteiger partial charge in [0.15, 0.2) is 11.5 Å². The normalized spacial score (nSPS) is 10.2. The minimum atomic E-state index is -1.14. The van der Waals surface area contributed by atoms with Crippen molar-refractivity contribution in [2.75, 3.05) is 5.73 Å². The van der Waals surface area contributed by atoms with E-state index in [-0.39, 0.29) is 17.3 Å². The Hall–Kier alpha value is -2.14. The zero-order valence-corrected chi connectivity index (χ0v) is 9.35. The molecule has 3 N–H and O–H groups in total. The van der Waals surface area contributed by atoms with Gasteiger partial charge in [-0.2, -0.15) is 0 Å². The molecule has 0 aliphatic heterocycles. The number of halogens is 1. The first-order chi connectivity index (χ1) is 8.06. The third-order valence-corrected chi connectivity index (χ3v) is 2.32. The molecule has 0 amide bonds. The van der Waals surface area contributed by atoms with E-state index in [1.54, 1.807) is 24.3 Å². The van der Waals surface area contributed by atoms with Crippen LogP contribution in [0, 0.1) is 0 Å². The molecular weight excluding hydrogens is 242 g/mol. The van der Waals surface area contributed by atoms with Crippen molar-refractivity contribution in [2.24, 2.45) is 0 Å². The van der Waals surface area contributed by atoms with Gasteiger partial charge in [-0.05, 0) is 24.3 Å². The van der Waals surface area contributed by atoms with Gasteiger partial charge >= 0.3 is 5.97 Å². The third-order valence-electron chi connectivity index (χ3n) is 2.07. The van der Waals surface area contributed by atoms with Crippen molar-refractivity contribution in [3.8, 4) is 11.4 Å². The monoisotopic (exact) mass is 249 g/mol. The molecule has 2 rings (SSSR count). The van der Waals surface area contributed by atoms with Gasteiger partial charge in [-0.3, -0.25) is 0 Å². The van der Waals surface area contributed by atoms with Crippen molar-refractivity contribution in [3.05, 3.63) is 41.0 Å². The zero-order valence-electron chi connectivity index (χ0n) is 8.59. The summed E-state index contributed by atoms with van der Waals surface area (Å²) < 4.78 is 0. The molecule has 17 heavy (non-hydrogen) atoms. The Morgan fingerprint density at radius 3 is 2.47 bits per heavy atom. The number of carbonyl (C=O) groups is 1. The van der Waals surface area contributed by atoms with E-state index >= 15 is 0 Å². The number of carboxylic acid groups (broad SMARTS) is 1. The quantitative estimate of drug-likeness (QED) is 0.851. The maximum absolute atomic E-state index is 10.8. The van der Waals surface area contributed by atoms with E-state index in [0.29, 0.717) is 10.6 Å². The number of nitrogens with zero attached hydrogens (tertiary/aromatic N) is 2. The van der Waals surface area contributed by atoms with Gasteiger partial charge in [0.2, 0.25) is 0 Å². The van der Waals surface area contributed by atoms with Gasteiger partial charge in [-0.1, -0.05) is 11.6 Å². The lowest BCUT2D eigenvalue weighted by Gasteiger charge is -2.03. The van der Waals surface area contributed by atoms with Crippen LogP contribution in [-0.4, -0.2) is 21.0 Å². The highest BCUT2D eigenvalue weighted by atomic mass is 35.5. The number of carboxylic acids is 1. The topological polar surface area (TPSA) is 89.1 Å². The Kier molecular flexibility index (Phi) is 2.93. The number of hydrogen-bond acceptors (Lipinski definition) is 4. The van der Waals surface area contributed by atoms with Gasteiger partial charge < -0.3 is 10.8 Å². The second-order valence-corrected chi connectivity index (χ2v) is 3.75. The van der Waals surface area contributed by atoms with Crippen LogP contribution in [0.5, 0.6) is 0 Å². The first-order valence-corrected chi connectivity index (χ1v) is 5.08. The molecule has 0 fully saturated rings. The SMILES string of the molecule is Nc1cc(C(=O)O)nc(-c2ccc(Cl)cc2)n1. The predicted molar refractivity (Wildman–Crippen MR) is 63.8 cm³/mol. The third kappa shape index (κ3) is 2.51. The minimum Gasteiger partial charge on any atom is -0.477 e. The Morgan fingerprint density at radius 2 is 1.88 bits per heavy atom. The average Bonchev–Trinajstić information content (AvgIpc) is 2.29. The second kappa shape index (κ2) is 4.39. The van der Waals surface area contributed by atoms with Crippen LogP contribution in [0.1, 0.15) is 10.5 Å². The molecule has 1 aromatic heterocycles. The minimum absolute atomic E-state index is 0.113. The number of anilines is 1. The highest BCUT2D eigenvalue weighted by Gasteiger charge is 2.10. The molecule has 86 valence electrons. The summed E-state index contributed by atoms with van der Waals surface area (Å²) in [7, 11) is 0. The summed E-state index contributed by atoms with van der Waals surface area (Å²) >= 11 is 5.75. The van der Waals surface area contributed by atoms with E-state index in [0.717, 1.165) is 0 Å². The van der Waals surface area contributed by atoms with Crippen LogP contribution >= 0.6 is 11.6 Å². The van der Waals surface area contributed by atoms with Crippen LogP contribution in [0.25, 0.3) is 11.4 Å². The van der Waals surface area contributed by atoms with Gasteiger partial charge in [0.1, 0.15) is 5.82 Å². The molecule has 0 saturated carbocycles. The van der Waals surface area contributed by atoms with Crippen molar-refractivity contribution < 1.29 is 9.90 Å². The number of aromatic carboxylic acids is 1. The van der Waals surface area contributed by atoms with E-state index in [4.69, 9.17) is 22.4 Å². The number of aromatic nitrogens is 2. The largest absolute Gasteiger partial charge is 0.477 e. The zero-order chi connectivity index (χ0) is 12.4. The van der Waals surface area contributed by atoms with Crippen molar-refractivity contribution >= 4 is 23.4 Å². The Bertz CT molecular complexity index is 569. The van der Waals surface area contributed by atoms with E-state index in [1.807, 2.05) is 0 Å². The fraction of sp³-hybridized carbons (Fsp3) is 0. The predicted octanol–water partition coefficient (Wildman–Crippen LogP) is 2.08. The molecule has 1 aromatic carbocycles. The maximum atomic E-state index is 10.8. The van der Waals surface area contributed by atoms with Crippen LogP contribution in [0.4, 0.5) is 5.82 Å². The van der Waals surface area contributed by atoms with E-state index in [9.17, 15) is 4.79 Å². The Morgan fingerprint density at radius 1 is 1.24 bits per heavy atom. The van der Waals surface area contributed by atoms with E-state index in [1.165, 1.54) is 6.07 Å². The average molecular weight is 250 g/mol. The molecule has 0 aliphatic rings. The molecule has 5 nitrogen and oxygen atoms in total. The molecule has 0 unspecified atom stereocenters. The highest BCUT2D eigenvalue weighted by Crippen LogP contribution is 2.19. The van der Waals surface area contributed by atoms with Gasteiger partial charge in [0.25, 0.3) is 0 Å². The first kappa shape index (κ1) is 11.3. The molecule has 2 aromatic rings. The second-order valence-electron chi connectivity index (χ2n) is 3.31. The molecule has 0 radical (unpaired) electrons. The van der Waals surface area contributed by atoms with Gasteiger partial charge in [0, 0.05) is 16.7 Å². The summed E-state index contributed by atoms with van der Waals surface area (Å²) in [5.74, 6) is -0.768. The summed E-state index contributed by atoms with van der Waals surface area (Å²) in [6.07, 6.45) is 0. The molecule has 6 heteroatoms. The number of nitrogen functional groups attached to an aromatic ring is 1. The van der Waals surface area contributed by atoms with Gasteiger partial charge in [-0.15, -0.1) is 0 Å². The van der Waals surface area contributed by atoms with Gasteiger partial charge in [-0.25, -0.2) is 14.8 Å². The summed E-state index contributed by atoms with van der Waals surface area (Å²) in [5.41, 5.74) is 6.04. The van der Waals surface area contributed by atoms with Crippen LogP contribution in [0.2, 0.25) is 5.02 Å². The first-order valence-electron chi connectivity index (χ1n) is 4.70.